The van der Waals surface area contributed by atoms with E-state index in [2.05, 4.69) is 6.92 Å². The van der Waals surface area contributed by atoms with Gasteiger partial charge in [-0.1, -0.05) is 13.8 Å². The Kier molecular flexibility index (Phi) is 6.50. The van der Waals surface area contributed by atoms with E-state index >= 15 is 0 Å². The zero-order valence-electron chi connectivity index (χ0n) is 21.8. The van der Waals surface area contributed by atoms with Crippen molar-refractivity contribution >= 4 is 11.9 Å². The third-order valence-electron chi connectivity index (χ3n) is 10.2. The summed E-state index contributed by atoms with van der Waals surface area (Å²) in [6.07, 6.45) is 0.635. The quantitative estimate of drug-likeness (QED) is 0.469. The molecular formula is C28H40F3NO3. The van der Waals surface area contributed by atoms with Gasteiger partial charge >= 0.3 is 12.1 Å². The molecule has 4 aliphatic rings. The highest BCUT2D eigenvalue weighted by Gasteiger charge is 2.62. The number of carboxylic acid groups (broad SMARTS) is 1. The van der Waals surface area contributed by atoms with Gasteiger partial charge in [0.2, 0.25) is 5.91 Å². The van der Waals surface area contributed by atoms with E-state index in [-0.39, 0.29) is 64.6 Å². The number of fused-ring (bicyclic) bond motifs is 5. The number of alkyl halides is 3. The molecule has 0 saturated heterocycles. The molecule has 0 radical (unpaired) electrons. The molecule has 6 atom stereocenters. The molecule has 1 amide bonds. The zero-order valence-corrected chi connectivity index (χ0v) is 21.8. The lowest BCUT2D eigenvalue weighted by Crippen LogP contribution is -2.54. The second-order valence-electron chi connectivity index (χ2n) is 12.5. The lowest BCUT2D eigenvalue weighted by molar-refractivity contribution is -0.147. The van der Waals surface area contributed by atoms with E-state index in [4.69, 9.17) is 0 Å². The molecule has 2 fully saturated rings. The van der Waals surface area contributed by atoms with Crippen LogP contribution >= 0.6 is 0 Å². The molecule has 4 nitrogen and oxygen atoms in total. The number of nitrogens with zero attached hydrogens (tertiary/aromatic N) is 1. The molecule has 2 saturated carbocycles. The van der Waals surface area contributed by atoms with Gasteiger partial charge in [0.15, 0.2) is 0 Å². The molecule has 0 aromatic carbocycles. The fourth-order valence-corrected chi connectivity index (χ4v) is 8.59. The normalized spacial score (nSPS) is 37.1. The van der Waals surface area contributed by atoms with E-state index in [0.29, 0.717) is 12.8 Å². The minimum atomic E-state index is -4.49. The molecule has 0 unspecified atom stereocenters. The van der Waals surface area contributed by atoms with Crippen LogP contribution in [0.1, 0.15) is 86.5 Å². The van der Waals surface area contributed by atoms with Gasteiger partial charge in [-0.3, -0.25) is 4.79 Å². The zero-order chi connectivity index (χ0) is 26.1. The number of carbonyl (C=O) groups is 2. The highest BCUT2D eigenvalue weighted by Crippen LogP contribution is 2.68. The monoisotopic (exact) mass is 495 g/mol. The van der Waals surface area contributed by atoms with Gasteiger partial charge < -0.3 is 10.0 Å². The van der Waals surface area contributed by atoms with Crippen molar-refractivity contribution in [2.75, 3.05) is 0 Å². The standard InChI is InChI=1S/C28H40F3NO3/c1-15(2)32(16(3)4)24(33)21-8-7-19-18-14-23(28(29,30)31)22-13-17(25(34)35)9-11-27(22,6)20(18)10-12-26(19,21)5/h13,15-16,18-21H,7-12,14H2,1-6H3,(H,34,35)/t18-,19-,20-,21+,26-,27+/m0/s1. The summed E-state index contributed by atoms with van der Waals surface area (Å²) in [4.78, 5) is 27.3. The van der Waals surface area contributed by atoms with Crippen molar-refractivity contribution in [3.63, 3.8) is 0 Å². The second-order valence-corrected chi connectivity index (χ2v) is 12.5. The van der Waals surface area contributed by atoms with Crippen molar-refractivity contribution in [2.45, 2.75) is 105 Å². The minimum absolute atomic E-state index is 0.0666. The van der Waals surface area contributed by atoms with Crippen molar-refractivity contribution < 1.29 is 27.9 Å². The summed E-state index contributed by atoms with van der Waals surface area (Å²) in [6, 6.07) is 0.157. The van der Waals surface area contributed by atoms with Crippen molar-refractivity contribution in [2.24, 2.45) is 34.5 Å². The Morgan fingerprint density at radius 1 is 1.03 bits per heavy atom. The van der Waals surface area contributed by atoms with E-state index in [0.717, 1.165) is 25.7 Å². The van der Waals surface area contributed by atoms with Crippen molar-refractivity contribution in [1.82, 2.24) is 4.90 Å². The van der Waals surface area contributed by atoms with Crippen LogP contribution in [0.2, 0.25) is 0 Å². The molecule has 0 bridgehead atoms. The lowest BCUT2D eigenvalue weighted by atomic mass is 9.46. The third kappa shape index (κ3) is 4.05. The maximum absolute atomic E-state index is 14.4. The summed E-state index contributed by atoms with van der Waals surface area (Å²) in [5.41, 5.74) is -1.24. The smallest absolute Gasteiger partial charge is 0.412 e. The summed E-state index contributed by atoms with van der Waals surface area (Å²) in [5, 5.41) is 9.49. The van der Waals surface area contributed by atoms with E-state index in [1.54, 1.807) is 0 Å². The van der Waals surface area contributed by atoms with Gasteiger partial charge in [0.1, 0.15) is 0 Å². The number of carbonyl (C=O) groups excluding carboxylic acids is 1. The first kappa shape index (κ1) is 26.3. The van der Waals surface area contributed by atoms with Crippen molar-refractivity contribution in [3.8, 4) is 0 Å². The fourth-order valence-electron chi connectivity index (χ4n) is 8.59. The largest absolute Gasteiger partial charge is 0.478 e. The molecule has 0 spiro atoms. The number of allylic oxidation sites excluding steroid dienone is 3. The molecule has 0 aliphatic heterocycles. The molecule has 1 N–H and O–H groups in total. The van der Waals surface area contributed by atoms with Crippen LogP contribution in [0.4, 0.5) is 13.2 Å². The van der Waals surface area contributed by atoms with Gasteiger partial charge in [-0.25, -0.2) is 4.79 Å². The minimum Gasteiger partial charge on any atom is -0.478 e. The van der Waals surface area contributed by atoms with Gasteiger partial charge in [-0.15, -0.1) is 0 Å². The van der Waals surface area contributed by atoms with Crippen LogP contribution in [0.5, 0.6) is 0 Å². The van der Waals surface area contributed by atoms with Crippen molar-refractivity contribution in [3.05, 3.63) is 22.8 Å². The van der Waals surface area contributed by atoms with Gasteiger partial charge in [0, 0.05) is 29.1 Å². The SMILES string of the molecule is CC(C)N(C(=O)[C@H]1CC[C@H]2[C@@H]3CC(C(F)(F)F)=C4C=C(C(=O)O)CC[C@]4(C)[C@H]3CC[C@]12C)C(C)C. The molecule has 7 heteroatoms. The maximum Gasteiger partial charge on any atom is 0.412 e. The number of rotatable bonds is 4. The lowest BCUT2D eigenvalue weighted by Gasteiger charge is -2.58. The average molecular weight is 496 g/mol. The highest BCUT2D eigenvalue weighted by molar-refractivity contribution is 5.88. The van der Waals surface area contributed by atoms with Gasteiger partial charge in [0.25, 0.3) is 0 Å². The second kappa shape index (κ2) is 8.65. The predicted octanol–water partition coefficient (Wildman–Crippen LogP) is 6.76. The van der Waals surface area contributed by atoms with Gasteiger partial charge in [-0.2, -0.15) is 13.2 Å². The molecule has 196 valence electrons. The predicted molar refractivity (Wildman–Crippen MR) is 128 cm³/mol. The first-order valence-electron chi connectivity index (χ1n) is 13.2. The maximum atomic E-state index is 14.4. The van der Waals surface area contributed by atoms with Gasteiger partial charge in [-0.05, 0) is 113 Å². The summed E-state index contributed by atoms with van der Waals surface area (Å²) >= 11 is 0. The van der Waals surface area contributed by atoms with Crippen LogP contribution < -0.4 is 0 Å². The van der Waals surface area contributed by atoms with Crippen LogP contribution in [-0.2, 0) is 9.59 Å². The molecule has 4 rings (SSSR count). The van der Waals surface area contributed by atoms with Gasteiger partial charge in [0.05, 0.1) is 0 Å². The number of aliphatic carboxylic acids is 1. The fraction of sp³-hybridized carbons (Fsp3) is 0.786. The summed E-state index contributed by atoms with van der Waals surface area (Å²) < 4.78 is 43.2. The molecule has 0 heterocycles. The molecule has 4 aliphatic carbocycles. The van der Waals surface area contributed by atoms with Crippen LogP contribution in [0, 0.1) is 34.5 Å². The highest BCUT2D eigenvalue weighted by atomic mass is 19.4. The van der Waals surface area contributed by atoms with Crippen molar-refractivity contribution in [1.29, 1.82) is 0 Å². The van der Waals surface area contributed by atoms with E-state index in [1.165, 1.54) is 6.08 Å². The van der Waals surface area contributed by atoms with E-state index in [9.17, 15) is 27.9 Å². The van der Waals surface area contributed by atoms with Crippen LogP contribution in [0.3, 0.4) is 0 Å². The first-order chi connectivity index (χ1) is 16.1. The Morgan fingerprint density at radius 2 is 1.66 bits per heavy atom. The van der Waals surface area contributed by atoms with E-state index < -0.39 is 23.1 Å². The Hall–Kier alpha value is -1.79. The third-order valence-corrected chi connectivity index (χ3v) is 10.2. The summed E-state index contributed by atoms with van der Waals surface area (Å²) in [7, 11) is 0. The topological polar surface area (TPSA) is 57.6 Å². The number of halogens is 3. The summed E-state index contributed by atoms with van der Waals surface area (Å²) in [5.74, 6) is -1.12. The molecule has 0 aromatic heterocycles. The molecule has 0 aromatic rings. The average Bonchev–Trinajstić information content (AvgIpc) is 3.08. The van der Waals surface area contributed by atoms with Crippen LogP contribution in [-0.4, -0.2) is 40.1 Å². The Balaban J connectivity index is 1.74. The number of hydrogen-bond acceptors (Lipinski definition) is 2. The number of carboxylic acids is 1. The Labute approximate surface area is 207 Å². The summed E-state index contributed by atoms with van der Waals surface area (Å²) in [6.45, 7) is 12.2. The Bertz CT molecular complexity index is 957. The number of amides is 1. The van der Waals surface area contributed by atoms with Crippen LogP contribution in [0.15, 0.2) is 22.8 Å². The van der Waals surface area contributed by atoms with E-state index in [1.807, 2.05) is 39.5 Å². The number of hydrogen-bond donors (Lipinski definition) is 1. The Morgan fingerprint density at radius 3 is 2.20 bits per heavy atom. The molecular weight excluding hydrogens is 455 g/mol. The van der Waals surface area contributed by atoms with Crippen LogP contribution in [0.25, 0.3) is 0 Å². The molecule has 35 heavy (non-hydrogen) atoms. The first-order valence-corrected chi connectivity index (χ1v) is 13.2.